The summed E-state index contributed by atoms with van der Waals surface area (Å²) in [6.45, 7) is 0.242. The van der Waals surface area contributed by atoms with Crippen LogP contribution in [0.2, 0.25) is 0 Å². The van der Waals surface area contributed by atoms with Crippen LogP contribution in [0.15, 0.2) is 12.1 Å². The van der Waals surface area contributed by atoms with Crippen LogP contribution in [0, 0.1) is 17.6 Å². The lowest BCUT2D eigenvalue weighted by Gasteiger charge is -2.18. The molecule has 0 N–H and O–H groups in total. The maximum Gasteiger partial charge on any atom is 0.340 e. The lowest BCUT2D eigenvalue weighted by atomic mass is 10.1. The summed E-state index contributed by atoms with van der Waals surface area (Å²) in [5.74, 6) is -2.98. The number of benzene rings is 1. The maximum absolute atomic E-state index is 13.8. The molecule has 1 heterocycles. The van der Waals surface area contributed by atoms with Crippen LogP contribution in [0.5, 0.6) is 0 Å². The maximum atomic E-state index is 13.8. The van der Waals surface area contributed by atoms with Gasteiger partial charge in [-0.15, -0.1) is 11.6 Å². The number of carbonyl (C=O) groups excluding carboxylic acids is 2. The number of hydrogen-bond acceptors (Lipinski definition) is 3. The average molecular weight is 304 g/mol. The van der Waals surface area contributed by atoms with Gasteiger partial charge in [0.2, 0.25) is 5.91 Å². The molecule has 20 heavy (non-hydrogen) atoms. The summed E-state index contributed by atoms with van der Waals surface area (Å²) in [6, 6.07) is 1.56. The highest BCUT2D eigenvalue weighted by Gasteiger charge is 2.32. The van der Waals surface area contributed by atoms with Crippen molar-refractivity contribution in [2.45, 2.75) is 6.42 Å². The van der Waals surface area contributed by atoms with E-state index in [0.29, 0.717) is 6.07 Å². The molecular weight excluding hydrogens is 292 g/mol. The first-order valence-corrected chi connectivity index (χ1v) is 6.45. The van der Waals surface area contributed by atoms with E-state index in [2.05, 4.69) is 4.74 Å². The Morgan fingerprint density at radius 3 is 2.70 bits per heavy atom. The number of nitrogens with zero attached hydrogens (tertiary/aromatic N) is 1. The summed E-state index contributed by atoms with van der Waals surface area (Å²) in [5.41, 5.74) is -0.546. The van der Waals surface area contributed by atoms with Crippen molar-refractivity contribution in [3.8, 4) is 0 Å². The van der Waals surface area contributed by atoms with E-state index in [1.54, 1.807) is 0 Å². The quantitative estimate of drug-likeness (QED) is 0.636. The number of ether oxygens (including phenoxy) is 1. The number of anilines is 1. The van der Waals surface area contributed by atoms with Gasteiger partial charge < -0.3 is 9.64 Å². The Hall–Kier alpha value is -1.69. The Balaban J connectivity index is 2.42. The lowest BCUT2D eigenvalue weighted by Crippen LogP contribution is -2.26. The minimum atomic E-state index is -1.03. The molecule has 1 unspecified atom stereocenters. The molecule has 7 heteroatoms. The topological polar surface area (TPSA) is 46.6 Å². The Morgan fingerprint density at radius 1 is 1.45 bits per heavy atom. The second kappa shape index (κ2) is 5.75. The van der Waals surface area contributed by atoms with E-state index in [1.165, 1.54) is 4.90 Å². The molecule has 1 aliphatic rings. The highest BCUT2D eigenvalue weighted by molar-refractivity contribution is 6.18. The SMILES string of the molecule is COC(=O)c1cc(N2CC(CCl)CC2=O)c(F)cc1F. The van der Waals surface area contributed by atoms with Gasteiger partial charge in [0.05, 0.1) is 18.4 Å². The van der Waals surface area contributed by atoms with Crippen LogP contribution in [0.4, 0.5) is 14.5 Å². The fourth-order valence-electron chi connectivity index (χ4n) is 2.13. The Morgan fingerprint density at radius 2 is 2.15 bits per heavy atom. The fraction of sp³-hybridized carbons (Fsp3) is 0.385. The van der Waals surface area contributed by atoms with Gasteiger partial charge in [-0.25, -0.2) is 13.6 Å². The molecule has 0 aromatic heterocycles. The number of alkyl halides is 1. The van der Waals surface area contributed by atoms with E-state index >= 15 is 0 Å². The van der Waals surface area contributed by atoms with Crippen LogP contribution >= 0.6 is 11.6 Å². The third-order valence-corrected chi connectivity index (χ3v) is 3.59. The van der Waals surface area contributed by atoms with Crippen molar-refractivity contribution in [3.05, 3.63) is 29.3 Å². The average Bonchev–Trinajstić information content (AvgIpc) is 2.79. The molecule has 1 aromatic rings. The van der Waals surface area contributed by atoms with Crippen molar-refractivity contribution < 1.29 is 23.1 Å². The molecule has 0 saturated carbocycles. The largest absolute Gasteiger partial charge is 0.465 e. The molecule has 1 saturated heterocycles. The van der Waals surface area contributed by atoms with Crippen molar-refractivity contribution >= 4 is 29.2 Å². The first-order valence-electron chi connectivity index (χ1n) is 5.91. The molecule has 1 amide bonds. The lowest BCUT2D eigenvalue weighted by molar-refractivity contribution is -0.117. The molecule has 0 radical (unpaired) electrons. The molecule has 4 nitrogen and oxygen atoms in total. The van der Waals surface area contributed by atoms with Gasteiger partial charge in [0.15, 0.2) is 0 Å². The molecule has 1 aliphatic heterocycles. The summed E-state index contributed by atoms with van der Waals surface area (Å²) < 4.78 is 31.8. The first-order chi connectivity index (χ1) is 9.47. The molecule has 1 fully saturated rings. The minimum Gasteiger partial charge on any atom is -0.465 e. The number of methoxy groups -OCH3 is 1. The second-order valence-corrected chi connectivity index (χ2v) is 4.81. The Labute approximate surface area is 119 Å². The minimum absolute atomic E-state index is 0.0878. The number of amides is 1. The number of halogens is 3. The molecular formula is C13H12ClF2NO3. The molecule has 108 valence electrons. The van der Waals surface area contributed by atoms with Crippen molar-refractivity contribution in [3.63, 3.8) is 0 Å². The number of carbonyl (C=O) groups is 2. The number of rotatable bonds is 3. The fourth-order valence-corrected chi connectivity index (χ4v) is 2.34. The molecule has 2 rings (SSSR count). The van der Waals surface area contributed by atoms with E-state index < -0.39 is 23.2 Å². The van der Waals surface area contributed by atoms with Gasteiger partial charge in [-0.2, -0.15) is 0 Å². The molecule has 0 aliphatic carbocycles. The van der Waals surface area contributed by atoms with E-state index in [9.17, 15) is 18.4 Å². The van der Waals surface area contributed by atoms with E-state index in [0.717, 1.165) is 13.2 Å². The van der Waals surface area contributed by atoms with Crippen molar-refractivity contribution in [1.82, 2.24) is 0 Å². The van der Waals surface area contributed by atoms with E-state index in [1.807, 2.05) is 0 Å². The summed E-state index contributed by atoms with van der Waals surface area (Å²) in [4.78, 5) is 24.4. The summed E-state index contributed by atoms with van der Waals surface area (Å²) in [7, 11) is 1.09. The third kappa shape index (κ3) is 2.60. The first kappa shape index (κ1) is 14.7. The zero-order chi connectivity index (χ0) is 14.9. The molecule has 1 atom stereocenters. The van der Waals surface area contributed by atoms with Gasteiger partial charge in [0.25, 0.3) is 0 Å². The zero-order valence-corrected chi connectivity index (χ0v) is 11.4. The van der Waals surface area contributed by atoms with Gasteiger partial charge in [-0.1, -0.05) is 0 Å². The van der Waals surface area contributed by atoms with Crippen molar-refractivity contribution in [2.24, 2.45) is 5.92 Å². The van der Waals surface area contributed by atoms with Crippen LogP contribution in [0.25, 0.3) is 0 Å². The van der Waals surface area contributed by atoms with E-state index in [-0.39, 0.29) is 36.4 Å². The highest BCUT2D eigenvalue weighted by atomic mass is 35.5. The van der Waals surface area contributed by atoms with Crippen LogP contribution < -0.4 is 4.90 Å². The Kier molecular flexibility index (Phi) is 4.23. The van der Waals surface area contributed by atoms with Gasteiger partial charge in [-0.3, -0.25) is 4.79 Å². The predicted octanol–water partition coefficient (Wildman–Crippen LogP) is 2.34. The number of hydrogen-bond donors (Lipinski definition) is 0. The van der Waals surface area contributed by atoms with Crippen LogP contribution in [-0.2, 0) is 9.53 Å². The smallest absolute Gasteiger partial charge is 0.340 e. The standard InChI is InChI=1S/C13H12ClF2NO3/c1-20-13(19)8-3-11(10(16)4-9(8)15)17-6-7(5-14)2-12(17)18/h3-4,7H,2,5-6H2,1H3. The normalized spacial score (nSPS) is 18.5. The van der Waals surface area contributed by atoms with Crippen LogP contribution in [0.1, 0.15) is 16.8 Å². The zero-order valence-electron chi connectivity index (χ0n) is 10.7. The van der Waals surface area contributed by atoms with Gasteiger partial charge in [-0.05, 0) is 12.0 Å². The Bertz CT molecular complexity index is 565. The molecule has 1 aromatic carbocycles. The molecule has 0 spiro atoms. The van der Waals surface area contributed by atoms with Crippen molar-refractivity contribution in [2.75, 3.05) is 24.4 Å². The van der Waals surface area contributed by atoms with Crippen molar-refractivity contribution in [1.29, 1.82) is 0 Å². The number of esters is 1. The third-order valence-electron chi connectivity index (χ3n) is 3.16. The molecule has 0 bridgehead atoms. The van der Waals surface area contributed by atoms with Gasteiger partial charge >= 0.3 is 5.97 Å². The summed E-state index contributed by atoms with van der Waals surface area (Å²) in [6.07, 6.45) is 0.202. The monoisotopic (exact) mass is 303 g/mol. The predicted molar refractivity (Wildman–Crippen MR) is 68.9 cm³/mol. The van der Waals surface area contributed by atoms with Crippen LogP contribution in [-0.4, -0.2) is 31.4 Å². The summed E-state index contributed by atoms with van der Waals surface area (Å²) >= 11 is 5.69. The summed E-state index contributed by atoms with van der Waals surface area (Å²) in [5, 5.41) is 0. The highest BCUT2D eigenvalue weighted by Crippen LogP contribution is 2.30. The van der Waals surface area contributed by atoms with Crippen LogP contribution in [0.3, 0.4) is 0 Å². The van der Waals surface area contributed by atoms with Gasteiger partial charge in [0, 0.05) is 24.9 Å². The van der Waals surface area contributed by atoms with E-state index in [4.69, 9.17) is 11.6 Å². The van der Waals surface area contributed by atoms with Gasteiger partial charge in [0.1, 0.15) is 11.6 Å². The second-order valence-electron chi connectivity index (χ2n) is 4.50.